The van der Waals surface area contributed by atoms with E-state index in [4.69, 9.17) is 24.7 Å². The van der Waals surface area contributed by atoms with E-state index < -0.39 is 71.9 Å². The van der Waals surface area contributed by atoms with Crippen molar-refractivity contribution in [1.29, 1.82) is 0 Å². The lowest BCUT2D eigenvalue weighted by Crippen LogP contribution is -2.51. The number of esters is 1. The van der Waals surface area contributed by atoms with E-state index in [1.807, 2.05) is 63.1 Å². The van der Waals surface area contributed by atoms with Crippen LogP contribution in [-0.2, 0) is 33.3 Å². The fourth-order valence-corrected chi connectivity index (χ4v) is 7.21. The van der Waals surface area contributed by atoms with E-state index in [9.17, 15) is 24.3 Å². The molecule has 1 aromatic rings. The van der Waals surface area contributed by atoms with Crippen LogP contribution in [0.4, 0.5) is 9.18 Å². The van der Waals surface area contributed by atoms with Crippen molar-refractivity contribution in [3.8, 4) is 0 Å². The number of rotatable bonds is 17. The van der Waals surface area contributed by atoms with Gasteiger partial charge in [0.25, 0.3) is 5.67 Å². The van der Waals surface area contributed by atoms with Gasteiger partial charge in [-0.2, -0.15) is 0 Å². The molecule has 0 aliphatic carbocycles. The number of pyridine rings is 1. The first kappa shape index (κ1) is 50.5. The fourth-order valence-electron chi connectivity index (χ4n) is 7.21. The number of hydrogen-bond acceptors (Lipinski definition) is 13. The Kier molecular flexibility index (Phi) is 20.7. The first-order valence-corrected chi connectivity index (χ1v) is 20.7. The number of aliphatic hydroxyl groups is 1. The van der Waals surface area contributed by atoms with Crippen LogP contribution in [-0.4, -0.2) is 139 Å². The van der Waals surface area contributed by atoms with Crippen LogP contribution in [0, 0.1) is 24.7 Å². The molecule has 10 atom stereocenters. The summed E-state index contributed by atoms with van der Waals surface area (Å²) in [4.78, 5) is 64.6. The first-order valence-electron chi connectivity index (χ1n) is 20.7. The highest BCUT2D eigenvalue weighted by Gasteiger charge is 2.50. The predicted molar refractivity (Wildman–Crippen MR) is 221 cm³/mol. The summed E-state index contributed by atoms with van der Waals surface area (Å²) in [5.41, 5.74) is 5.51. The van der Waals surface area contributed by atoms with Gasteiger partial charge in [0.2, 0.25) is 0 Å². The van der Waals surface area contributed by atoms with Crippen LogP contribution in [0.25, 0.3) is 5.70 Å². The lowest BCUT2D eigenvalue weighted by atomic mass is 9.79. The number of amides is 1. The van der Waals surface area contributed by atoms with Crippen molar-refractivity contribution in [3.63, 3.8) is 0 Å². The third kappa shape index (κ3) is 15.5. The molecule has 0 aromatic carbocycles. The van der Waals surface area contributed by atoms with Crippen molar-refractivity contribution in [2.45, 2.75) is 143 Å². The van der Waals surface area contributed by atoms with E-state index in [0.29, 0.717) is 31.5 Å². The number of cyclic esters (lactones) is 1. The quantitative estimate of drug-likeness (QED) is 0.0871. The van der Waals surface area contributed by atoms with Crippen molar-refractivity contribution in [2.24, 2.45) is 23.5 Å². The number of ketones is 2. The number of methoxy groups -OCH3 is 1. The van der Waals surface area contributed by atoms with Crippen molar-refractivity contribution in [2.75, 3.05) is 47.9 Å². The molecule has 1 amide bonds. The zero-order valence-electron chi connectivity index (χ0n) is 37.0. The lowest BCUT2D eigenvalue weighted by Gasteiger charge is -2.38. The lowest BCUT2D eigenvalue weighted by molar-refractivity contribution is -0.245. The van der Waals surface area contributed by atoms with Crippen molar-refractivity contribution in [3.05, 3.63) is 35.8 Å². The Morgan fingerprint density at radius 1 is 1.10 bits per heavy atom. The molecule has 2 rings (SSSR count). The molecule has 1 aliphatic heterocycles. The number of aliphatic hydroxyl groups excluding tert-OH is 1. The number of aromatic nitrogens is 1. The SMILES string of the molecule is CC[C@@H]1C[C@H](N(CCCCN(C)/C=C(\N)c2ccc(C)nc2)C(=O)OC)CC(=O)[C@H](C)C[C@H](C)[C@H](O[C@H](O[C@H](C)CCN(C)C)[C@@H](C)O)[C@@H](C)C(=O)[C@](C)(F)C(=O)O1. The maximum atomic E-state index is 16.5. The third-order valence-corrected chi connectivity index (χ3v) is 10.9. The molecule has 1 saturated heterocycles. The maximum Gasteiger partial charge on any atom is 0.409 e. The van der Waals surface area contributed by atoms with E-state index in [-0.39, 0.29) is 44.1 Å². The molecule has 1 fully saturated rings. The summed E-state index contributed by atoms with van der Waals surface area (Å²) in [5, 5.41) is 10.7. The summed E-state index contributed by atoms with van der Waals surface area (Å²) < 4.78 is 39.8. The second kappa shape index (κ2) is 23.8. The van der Waals surface area contributed by atoms with Crippen LogP contribution < -0.4 is 5.73 Å². The number of aryl methyl sites for hydroxylation is 1. The average molecular weight is 822 g/mol. The second-order valence-corrected chi connectivity index (χ2v) is 16.6. The van der Waals surface area contributed by atoms with E-state index in [1.54, 1.807) is 27.0 Å². The molecule has 1 aromatic heterocycles. The van der Waals surface area contributed by atoms with Gasteiger partial charge in [-0.3, -0.25) is 14.6 Å². The van der Waals surface area contributed by atoms with Gasteiger partial charge in [0, 0.05) is 74.5 Å². The van der Waals surface area contributed by atoms with Gasteiger partial charge >= 0.3 is 12.1 Å². The summed E-state index contributed by atoms with van der Waals surface area (Å²) in [6, 6.07) is 3.04. The minimum absolute atomic E-state index is 0.0279. The van der Waals surface area contributed by atoms with E-state index in [1.165, 1.54) is 25.9 Å². The highest BCUT2D eigenvalue weighted by Crippen LogP contribution is 2.33. The van der Waals surface area contributed by atoms with Crippen LogP contribution in [0.2, 0.25) is 0 Å². The second-order valence-electron chi connectivity index (χ2n) is 16.6. The van der Waals surface area contributed by atoms with E-state index >= 15 is 4.39 Å². The molecule has 2 heterocycles. The van der Waals surface area contributed by atoms with Gasteiger partial charge in [-0.1, -0.05) is 27.7 Å². The molecule has 1 aliphatic rings. The largest absolute Gasteiger partial charge is 0.460 e. The topological polar surface area (TPSA) is 174 Å². The Bertz CT molecular complexity index is 1490. The minimum atomic E-state index is -3.04. The van der Waals surface area contributed by atoms with Crippen molar-refractivity contribution >= 4 is 29.3 Å². The van der Waals surface area contributed by atoms with Crippen LogP contribution in [0.5, 0.6) is 0 Å². The number of Topliss-reactive ketones (excluding diaryl/α,β-unsaturated/α-hetero) is 2. The number of hydrogen-bond donors (Lipinski definition) is 2. The Morgan fingerprint density at radius 2 is 1.76 bits per heavy atom. The standard InChI is InChI=1S/C43H72FN5O9/c1-13-35-23-34(49(42(54)55-12)20-15-14-19-48(11)26-36(45)33-17-16-29(4)46-25-33)24-37(51)27(2)22-28(3)38(31(6)39(52)43(8,44)41(53)57-35)58-40(32(7)50)56-30(5)18-21-47(9)10/h16-17,25-28,30-32,34-35,38,40,50H,13-15,18-24,45H2,1-12H3/b36-26-/t27-,28+,30-,31-,32-,34+,35-,38+,40+,43+/m1/s1. The molecule has 0 bridgehead atoms. The highest BCUT2D eigenvalue weighted by molar-refractivity contribution is 6.07. The Labute approximate surface area is 346 Å². The van der Waals surface area contributed by atoms with Gasteiger partial charge < -0.3 is 44.5 Å². The Morgan fingerprint density at radius 3 is 2.33 bits per heavy atom. The third-order valence-electron chi connectivity index (χ3n) is 10.9. The number of carbonyl (C=O) groups is 4. The molecular formula is C43H72FN5O9. The smallest absolute Gasteiger partial charge is 0.409 e. The van der Waals surface area contributed by atoms with Gasteiger partial charge in [-0.05, 0) is 98.5 Å². The van der Waals surface area contributed by atoms with E-state index in [0.717, 1.165) is 24.7 Å². The van der Waals surface area contributed by atoms with Crippen LogP contribution in [0.3, 0.4) is 0 Å². The van der Waals surface area contributed by atoms with Gasteiger partial charge in [0.1, 0.15) is 18.0 Å². The fraction of sp³-hybridized carbons (Fsp3) is 0.744. The van der Waals surface area contributed by atoms with Gasteiger partial charge in [0.05, 0.1) is 25.0 Å². The summed E-state index contributed by atoms with van der Waals surface area (Å²) >= 11 is 0. The maximum absolute atomic E-state index is 16.5. The predicted octanol–water partition coefficient (Wildman–Crippen LogP) is 5.53. The first-order chi connectivity index (χ1) is 27.1. The number of alkyl halides is 1. The molecule has 58 heavy (non-hydrogen) atoms. The van der Waals surface area contributed by atoms with Gasteiger partial charge in [0.15, 0.2) is 12.1 Å². The summed E-state index contributed by atoms with van der Waals surface area (Å²) in [5.74, 6) is -4.83. The zero-order valence-corrected chi connectivity index (χ0v) is 37.0. The number of nitrogens with two attached hydrogens (primary N) is 1. The minimum Gasteiger partial charge on any atom is -0.460 e. The van der Waals surface area contributed by atoms with Gasteiger partial charge in [-0.15, -0.1) is 0 Å². The summed E-state index contributed by atoms with van der Waals surface area (Å²) in [7, 11) is 7.03. The van der Waals surface area contributed by atoms with Gasteiger partial charge in [-0.25, -0.2) is 14.0 Å². The van der Waals surface area contributed by atoms with Crippen LogP contribution >= 0.6 is 0 Å². The molecule has 3 N–H and O–H groups in total. The van der Waals surface area contributed by atoms with E-state index in [2.05, 4.69) is 4.98 Å². The Hall–Kier alpha value is -3.66. The van der Waals surface area contributed by atoms with Crippen LogP contribution in [0.1, 0.15) is 105 Å². The van der Waals surface area contributed by atoms with Crippen LogP contribution in [0.15, 0.2) is 24.5 Å². The highest BCUT2D eigenvalue weighted by atomic mass is 19.1. The Balaban J connectivity index is 2.40. The molecule has 0 unspecified atom stereocenters. The summed E-state index contributed by atoms with van der Waals surface area (Å²) in [6.07, 6.45) is 0.559. The molecular weight excluding hydrogens is 749 g/mol. The number of ether oxygens (including phenoxy) is 4. The summed E-state index contributed by atoms with van der Waals surface area (Å²) in [6.45, 7) is 14.5. The average Bonchev–Trinajstić information content (AvgIpc) is 3.16. The molecule has 15 heteroatoms. The monoisotopic (exact) mass is 822 g/mol. The number of nitrogens with zero attached hydrogens (tertiary/aromatic N) is 4. The molecule has 14 nitrogen and oxygen atoms in total. The van der Waals surface area contributed by atoms with Crippen molar-refractivity contribution < 1.29 is 47.6 Å². The zero-order chi connectivity index (χ0) is 43.9. The number of halogens is 1. The molecule has 0 radical (unpaired) electrons. The number of carbonyl (C=O) groups excluding carboxylic acids is 4. The van der Waals surface area contributed by atoms with Crippen molar-refractivity contribution in [1.82, 2.24) is 19.7 Å². The molecule has 0 spiro atoms. The number of unbranched alkanes of at least 4 members (excludes halogenated alkanes) is 1. The molecule has 330 valence electrons. The molecule has 0 saturated carbocycles. The normalized spacial score (nSPS) is 27.0.